The third-order valence-electron chi connectivity index (χ3n) is 3.92. The predicted octanol–water partition coefficient (Wildman–Crippen LogP) is 2.70. The van der Waals surface area contributed by atoms with E-state index < -0.39 is 0 Å². The molecular formula is C19H25IN6. The highest BCUT2D eigenvalue weighted by Crippen LogP contribution is 2.07. The Balaban J connectivity index is 0.00000243. The second kappa shape index (κ2) is 10.6. The van der Waals surface area contributed by atoms with Crippen LogP contribution in [-0.2, 0) is 13.0 Å². The maximum atomic E-state index is 4.42. The summed E-state index contributed by atoms with van der Waals surface area (Å²) in [7, 11) is 1.79. The van der Waals surface area contributed by atoms with Crippen LogP contribution in [0.25, 0.3) is 5.69 Å². The highest BCUT2D eigenvalue weighted by molar-refractivity contribution is 14.0. The quantitative estimate of drug-likeness (QED) is 0.321. The molecule has 6 nitrogen and oxygen atoms in total. The smallest absolute Gasteiger partial charge is 0.191 e. The van der Waals surface area contributed by atoms with Gasteiger partial charge in [-0.1, -0.05) is 18.2 Å². The Kier molecular flexibility index (Phi) is 8.20. The summed E-state index contributed by atoms with van der Waals surface area (Å²) >= 11 is 0. The number of hydrogen-bond acceptors (Lipinski definition) is 2. The van der Waals surface area contributed by atoms with Crippen molar-refractivity contribution in [3.63, 3.8) is 0 Å². The zero-order chi connectivity index (χ0) is 17.3. The molecule has 26 heavy (non-hydrogen) atoms. The van der Waals surface area contributed by atoms with Crippen LogP contribution in [0.1, 0.15) is 5.56 Å². The number of halogens is 1. The monoisotopic (exact) mass is 464 g/mol. The largest absolute Gasteiger partial charge is 0.356 e. The van der Waals surface area contributed by atoms with Crippen LogP contribution in [0.15, 0.2) is 72.2 Å². The highest BCUT2D eigenvalue weighted by atomic mass is 127. The molecule has 1 aromatic carbocycles. The molecule has 3 aromatic rings. The van der Waals surface area contributed by atoms with Gasteiger partial charge in [-0.2, -0.15) is 5.10 Å². The lowest BCUT2D eigenvalue weighted by molar-refractivity contribution is 0.665. The summed E-state index contributed by atoms with van der Waals surface area (Å²) < 4.78 is 4.04. The van der Waals surface area contributed by atoms with E-state index in [-0.39, 0.29) is 24.0 Å². The number of benzene rings is 1. The van der Waals surface area contributed by atoms with Gasteiger partial charge >= 0.3 is 0 Å². The molecule has 2 heterocycles. The van der Waals surface area contributed by atoms with Crippen LogP contribution in [0.4, 0.5) is 0 Å². The molecule has 0 aliphatic heterocycles. The van der Waals surface area contributed by atoms with E-state index in [1.54, 1.807) is 7.05 Å². The number of nitrogens with zero attached hydrogens (tertiary/aromatic N) is 4. The second-order valence-electron chi connectivity index (χ2n) is 5.73. The zero-order valence-electron chi connectivity index (χ0n) is 14.9. The van der Waals surface area contributed by atoms with Gasteiger partial charge in [-0.25, -0.2) is 4.68 Å². The van der Waals surface area contributed by atoms with Crippen LogP contribution in [0, 0.1) is 0 Å². The standard InChI is InChI=1S/C19H24N6.HI/c1-20-19(22-11-14-24-12-5-6-13-24)21-10-9-17-15-23-25(16-17)18-7-3-2-4-8-18;/h2-8,12-13,15-16H,9-11,14H2,1H3,(H2,20,21,22);1H. The minimum absolute atomic E-state index is 0. The van der Waals surface area contributed by atoms with E-state index in [4.69, 9.17) is 0 Å². The summed E-state index contributed by atoms with van der Waals surface area (Å²) in [5, 5.41) is 11.1. The molecule has 0 aliphatic carbocycles. The van der Waals surface area contributed by atoms with E-state index >= 15 is 0 Å². The first-order valence-corrected chi connectivity index (χ1v) is 8.49. The molecule has 0 aliphatic rings. The number of rotatable bonds is 7. The minimum Gasteiger partial charge on any atom is -0.356 e. The third-order valence-corrected chi connectivity index (χ3v) is 3.92. The van der Waals surface area contributed by atoms with Gasteiger partial charge in [-0.15, -0.1) is 24.0 Å². The van der Waals surface area contributed by atoms with Gasteiger partial charge in [0.15, 0.2) is 5.96 Å². The first kappa shape index (κ1) is 20.0. The van der Waals surface area contributed by atoms with Gasteiger partial charge in [0.25, 0.3) is 0 Å². The molecule has 0 saturated heterocycles. The number of nitrogens with one attached hydrogen (secondary N) is 2. The van der Waals surface area contributed by atoms with Gasteiger partial charge < -0.3 is 15.2 Å². The number of guanidine groups is 1. The summed E-state index contributed by atoms with van der Waals surface area (Å²) in [5.41, 5.74) is 2.27. The second-order valence-corrected chi connectivity index (χ2v) is 5.73. The summed E-state index contributed by atoms with van der Waals surface area (Å²) in [6, 6.07) is 14.2. The fourth-order valence-electron chi connectivity index (χ4n) is 2.58. The van der Waals surface area contributed by atoms with Crippen molar-refractivity contribution < 1.29 is 0 Å². The van der Waals surface area contributed by atoms with Crippen LogP contribution in [0.2, 0.25) is 0 Å². The van der Waals surface area contributed by atoms with Gasteiger partial charge in [-0.05, 0) is 36.2 Å². The summed E-state index contributed by atoms with van der Waals surface area (Å²) in [6.45, 7) is 2.56. The maximum Gasteiger partial charge on any atom is 0.191 e. The zero-order valence-corrected chi connectivity index (χ0v) is 17.2. The van der Waals surface area contributed by atoms with Gasteiger partial charge in [0.05, 0.1) is 11.9 Å². The molecule has 7 heteroatoms. The van der Waals surface area contributed by atoms with E-state index in [9.17, 15) is 0 Å². The van der Waals surface area contributed by atoms with Gasteiger partial charge in [0, 0.05) is 45.3 Å². The lowest BCUT2D eigenvalue weighted by atomic mass is 10.2. The fraction of sp³-hybridized carbons (Fsp3) is 0.263. The topological polar surface area (TPSA) is 59.2 Å². The van der Waals surface area contributed by atoms with Crippen molar-refractivity contribution in [3.05, 3.63) is 72.8 Å². The molecule has 0 unspecified atom stereocenters. The maximum absolute atomic E-state index is 4.42. The fourth-order valence-corrected chi connectivity index (χ4v) is 2.58. The third kappa shape index (κ3) is 5.91. The lowest BCUT2D eigenvalue weighted by Gasteiger charge is -2.11. The molecule has 3 rings (SSSR count). The van der Waals surface area contributed by atoms with E-state index in [1.807, 2.05) is 53.3 Å². The van der Waals surface area contributed by atoms with Crippen LogP contribution < -0.4 is 10.6 Å². The predicted molar refractivity (Wildman–Crippen MR) is 116 cm³/mol. The molecule has 0 amide bonds. The molecule has 138 valence electrons. The normalized spacial score (nSPS) is 11.0. The highest BCUT2D eigenvalue weighted by Gasteiger charge is 2.02. The molecular weight excluding hydrogens is 439 g/mol. The molecule has 0 bridgehead atoms. The van der Waals surface area contributed by atoms with E-state index in [0.717, 1.165) is 37.7 Å². The first-order valence-electron chi connectivity index (χ1n) is 8.49. The number of aliphatic imine (C=N–C) groups is 1. The van der Waals surface area contributed by atoms with Gasteiger partial charge in [0.2, 0.25) is 0 Å². The molecule has 0 spiro atoms. The van der Waals surface area contributed by atoms with Crippen LogP contribution in [0.5, 0.6) is 0 Å². The lowest BCUT2D eigenvalue weighted by Crippen LogP contribution is -2.39. The molecule has 0 saturated carbocycles. The van der Waals surface area contributed by atoms with Crippen molar-refractivity contribution in [2.45, 2.75) is 13.0 Å². The molecule has 0 fully saturated rings. The number of aromatic nitrogens is 3. The molecule has 0 radical (unpaired) electrons. The first-order chi connectivity index (χ1) is 12.3. The molecule has 2 aromatic heterocycles. The average molecular weight is 464 g/mol. The van der Waals surface area contributed by atoms with Gasteiger partial charge in [-0.3, -0.25) is 4.99 Å². The Morgan fingerprint density at radius 3 is 2.50 bits per heavy atom. The van der Waals surface area contributed by atoms with Gasteiger partial charge in [0.1, 0.15) is 0 Å². The minimum atomic E-state index is 0. The number of para-hydroxylation sites is 1. The summed E-state index contributed by atoms with van der Waals surface area (Å²) in [5.74, 6) is 0.822. The summed E-state index contributed by atoms with van der Waals surface area (Å²) in [6.07, 6.45) is 8.99. The SMILES string of the molecule is CN=C(NCCc1cnn(-c2ccccc2)c1)NCCn1cccc1.I. The van der Waals surface area contributed by atoms with Crippen molar-refractivity contribution in [1.29, 1.82) is 0 Å². The van der Waals surface area contributed by atoms with Crippen molar-refractivity contribution >= 4 is 29.9 Å². The Labute approximate surface area is 171 Å². The van der Waals surface area contributed by atoms with Crippen molar-refractivity contribution in [3.8, 4) is 5.69 Å². The average Bonchev–Trinajstić information content (AvgIpc) is 3.33. The Hall–Kier alpha value is -2.29. The van der Waals surface area contributed by atoms with Crippen LogP contribution in [0.3, 0.4) is 0 Å². The Morgan fingerprint density at radius 2 is 1.77 bits per heavy atom. The number of hydrogen-bond donors (Lipinski definition) is 2. The van der Waals surface area contributed by atoms with E-state index in [0.29, 0.717) is 0 Å². The summed E-state index contributed by atoms with van der Waals surface area (Å²) in [4.78, 5) is 4.26. The molecule has 0 atom stereocenters. The van der Waals surface area contributed by atoms with E-state index in [2.05, 4.69) is 43.9 Å². The van der Waals surface area contributed by atoms with Crippen LogP contribution >= 0.6 is 24.0 Å². The Morgan fingerprint density at radius 1 is 1.04 bits per heavy atom. The molecule has 2 N–H and O–H groups in total. The van der Waals surface area contributed by atoms with E-state index in [1.165, 1.54) is 5.56 Å². The van der Waals surface area contributed by atoms with Crippen molar-refractivity contribution in [2.24, 2.45) is 4.99 Å². The van der Waals surface area contributed by atoms with Crippen molar-refractivity contribution in [1.82, 2.24) is 25.0 Å². The van der Waals surface area contributed by atoms with Crippen LogP contribution in [-0.4, -0.2) is 40.4 Å². The van der Waals surface area contributed by atoms with Crippen molar-refractivity contribution in [2.75, 3.05) is 20.1 Å². The Bertz CT molecular complexity index is 779.